The number of likely N-dealkylation sites (N-methyl/N-ethyl adjacent to an activating group) is 1. The molecule has 116 valence electrons. The fraction of sp³-hybridized carbons (Fsp3) is 0.571. The Balaban J connectivity index is 1.80. The van der Waals surface area contributed by atoms with E-state index >= 15 is 0 Å². The zero-order chi connectivity index (χ0) is 14.9. The molecule has 2 heterocycles. The van der Waals surface area contributed by atoms with Crippen LogP contribution < -0.4 is 14.8 Å². The van der Waals surface area contributed by atoms with Gasteiger partial charge in [-0.2, -0.15) is 4.31 Å². The molecule has 0 amide bonds. The molecule has 0 spiro atoms. The van der Waals surface area contributed by atoms with Gasteiger partial charge in [0.2, 0.25) is 10.0 Å². The maximum Gasteiger partial charge on any atom is 0.243 e. The monoisotopic (exact) mass is 312 g/mol. The van der Waals surface area contributed by atoms with E-state index in [2.05, 4.69) is 5.32 Å². The molecule has 1 fully saturated rings. The van der Waals surface area contributed by atoms with E-state index in [1.54, 1.807) is 25.2 Å². The summed E-state index contributed by atoms with van der Waals surface area (Å²) in [5.74, 6) is 1.09. The van der Waals surface area contributed by atoms with E-state index in [1.165, 1.54) is 4.31 Å². The first kappa shape index (κ1) is 14.6. The molecule has 0 radical (unpaired) electrons. The Kier molecular flexibility index (Phi) is 4.05. The van der Waals surface area contributed by atoms with Crippen LogP contribution in [0.2, 0.25) is 0 Å². The van der Waals surface area contributed by atoms with Gasteiger partial charge in [0.15, 0.2) is 11.5 Å². The number of hydrogen-bond donors (Lipinski definition) is 1. The highest BCUT2D eigenvalue weighted by Gasteiger charge is 2.26. The Hall–Kier alpha value is -1.31. The number of nitrogens with zero attached hydrogens (tertiary/aromatic N) is 1. The summed E-state index contributed by atoms with van der Waals surface area (Å²) in [4.78, 5) is 0.243. The van der Waals surface area contributed by atoms with Crippen molar-refractivity contribution in [3.63, 3.8) is 0 Å². The van der Waals surface area contributed by atoms with Crippen LogP contribution in [0.3, 0.4) is 0 Å². The molecule has 1 aromatic rings. The van der Waals surface area contributed by atoms with Crippen LogP contribution in [0.1, 0.15) is 12.8 Å². The number of benzene rings is 1. The minimum atomic E-state index is -3.50. The van der Waals surface area contributed by atoms with Crippen molar-refractivity contribution >= 4 is 10.0 Å². The molecule has 0 aliphatic carbocycles. The highest BCUT2D eigenvalue weighted by atomic mass is 32.2. The maximum absolute atomic E-state index is 12.6. The molecule has 0 aromatic heterocycles. The molecule has 3 rings (SSSR count). The first-order chi connectivity index (χ1) is 10.1. The third-order valence-electron chi connectivity index (χ3n) is 3.86. The van der Waals surface area contributed by atoms with Crippen molar-refractivity contribution in [2.24, 2.45) is 0 Å². The van der Waals surface area contributed by atoms with Crippen molar-refractivity contribution in [1.82, 2.24) is 9.62 Å². The van der Waals surface area contributed by atoms with Gasteiger partial charge in [0.1, 0.15) is 13.2 Å². The highest BCUT2D eigenvalue weighted by Crippen LogP contribution is 2.33. The van der Waals surface area contributed by atoms with Gasteiger partial charge in [-0.25, -0.2) is 8.42 Å². The molecule has 1 saturated heterocycles. The molecule has 1 aromatic carbocycles. The molecule has 21 heavy (non-hydrogen) atoms. The normalized spacial score (nSPS) is 21.7. The summed E-state index contributed by atoms with van der Waals surface area (Å²) in [6.45, 7) is 2.38. The third kappa shape index (κ3) is 3.00. The van der Waals surface area contributed by atoms with Gasteiger partial charge in [0, 0.05) is 25.7 Å². The highest BCUT2D eigenvalue weighted by molar-refractivity contribution is 7.89. The number of hydrogen-bond acceptors (Lipinski definition) is 5. The second-order valence-corrected chi connectivity index (χ2v) is 7.43. The van der Waals surface area contributed by atoms with Gasteiger partial charge in [0.25, 0.3) is 0 Å². The average molecular weight is 312 g/mol. The smallest absolute Gasteiger partial charge is 0.243 e. The van der Waals surface area contributed by atoms with Gasteiger partial charge < -0.3 is 14.8 Å². The Labute approximate surface area is 125 Å². The number of nitrogens with one attached hydrogen (secondary N) is 1. The largest absolute Gasteiger partial charge is 0.486 e. The summed E-state index contributed by atoms with van der Waals surface area (Å²) in [6.07, 6.45) is 2.11. The van der Waals surface area contributed by atoms with Gasteiger partial charge in [-0.1, -0.05) is 0 Å². The van der Waals surface area contributed by atoms with Gasteiger partial charge in [-0.05, 0) is 31.5 Å². The van der Waals surface area contributed by atoms with Crippen molar-refractivity contribution in [1.29, 1.82) is 0 Å². The lowest BCUT2D eigenvalue weighted by molar-refractivity contribution is 0.171. The van der Waals surface area contributed by atoms with Crippen LogP contribution in [0, 0.1) is 0 Å². The second-order valence-electron chi connectivity index (χ2n) is 5.38. The van der Waals surface area contributed by atoms with Crippen molar-refractivity contribution in [3.05, 3.63) is 18.2 Å². The Morgan fingerprint density at radius 1 is 1.29 bits per heavy atom. The Morgan fingerprint density at radius 3 is 2.76 bits per heavy atom. The fourth-order valence-electron chi connectivity index (χ4n) is 2.69. The van der Waals surface area contributed by atoms with Crippen LogP contribution in [-0.2, 0) is 10.0 Å². The number of fused-ring (bicyclic) bond motifs is 1. The summed E-state index contributed by atoms with van der Waals surface area (Å²) < 4.78 is 37.5. The summed E-state index contributed by atoms with van der Waals surface area (Å²) in [7, 11) is -1.88. The standard InChI is InChI=1S/C14H20N2O4S/c1-16(10-11-3-2-6-15-11)21(17,18)12-4-5-13-14(9-12)20-8-7-19-13/h4-5,9,11,15H,2-3,6-8,10H2,1H3. The molecular formula is C14H20N2O4S. The van der Waals surface area contributed by atoms with Crippen molar-refractivity contribution in [2.75, 3.05) is 33.4 Å². The van der Waals surface area contributed by atoms with Crippen LogP contribution in [-0.4, -0.2) is 52.1 Å². The van der Waals surface area contributed by atoms with E-state index in [9.17, 15) is 8.42 Å². The fourth-order valence-corrected chi connectivity index (χ4v) is 3.92. The van der Waals surface area contributed by atoms with Crippen molar-refractivity contribution < 1.29 is 17.9 Å². The van der Waals surface area contributed by atoms with Crippen molar-refractivity contribution in [3.8, 4) is 11.5 Å². The van der Waals surface area contributed by atoms with Crippen LogP contribution in [0.25, 0.3) is 0 Å². The molecule has 1 N–H and O–H groups in total. The minimum absolute atomic E-state index is 0.238. The van der Waals surface area contributed by atoms with Gasteiger partial charge >= 0.3 is 0 Å². The number of sulfonamides is 1. The summed E-state index contributed by atoms with van der Waals surface area (Å²) in [5.41, 5.74) is 0. The van der Waals surface area contributed by atoms with Gasteiger partial charge in [-0.15, -0.1) is 0 Å². The quantitative estimate of drug-likeness (QED) is 0.892. The number of rotatable bonds is 4. The first-order valence-electron chi connectivity index (χ1n) is 7.17. The molecule has 0 saturated carbocycles. The predicted octanol–water partition coefficient (Wildman–Crippen LogP) is 0.830. The van der Waals surface area contributed by atoms with Crippen LogP contribution in [0.4, 0.5) is 0 Å². The minimum Gasteiger partial charge on any atom is -0.486 e. The molecule has 2 aliphatic heterocycles. The Bertz CT molecular complexity index is 611. The molecule has 6 nitrogen and oxygen atoms in total. The van der Waals surface area contributed by atoms with Gasteiger partial charge in [-0.3, -0.25) is 0 Å². The molecule has 7 heteroatoms. The van der Waals surface area contributed by atoms with Gasteiger partial charge in [0.05, 0.1) is 4.90 Å². The second kappa shape index (κ2) is 5.82. The summed E-state index contributed by atoms with van der Waals surface area (Å²) in [6, 6.07) is 5.01. The van der Waals surface area contributed by atoms with Crippen LogP contribution in [0.15, 0.2) is 23.1 Å². The molecular weight excluding hydrogens is 292 g/mol. The summed E-state index contributed by atoms with van der Waals surface area (Å²) >= 11 is 0. The predicted molar refractivity (Wildman–Crippen MR) is 78.3 cm³/mol. The third-order valence-corrected chi connectivity index (χ3v) is 5.68. The molecule has 2 aliphatic rings. The first-order valence-corrected chi connectivity index (χ1v) is 8.61. The molecule has 0 bridgehead atoms. The molecule has 1 unspecified atom stereocenters. The SMILES string of the molecule is CN(CC1CCCN1)S(=O)(=O)c1ccc2c(c1)OCCO2. The van der Waals surface area contributed by atoms with Crippen molar-refractivity contribution in [2.45, 2.75) is 23.8 Å². The zero-order valence-corrected chi connectivity index (χ0v) is 12.9. The van der Waals surface area contributed by atoms with Crippen LogP contribution in [0.5, 0.6) is 11.5 Å². The van der Waals surface area contributed by atoms with E-state index < -0.39 is 10.0 Å². The zero-order valence-electron chi connectivity index (χ0n) is 12.0. The van der Waals surface area contributed by atoms with E-state index in [0.29, 0.717) is 31.3 Å². The lowest BCUT2D eigenvalue weighted by Crippen LogP contribution is -2.38. The molecule has 1 atom stereocenters. The topological polar surface area (TPSA) is 67.9 Å². The number of ether oxygens (including phenoxy) is 2. The van der Waals surface area contributed by atoms with E-state index in [1.807, 2.05) is 0 Å². The lowest BCUT2D eigenvalue weighted by atomic mass is 10.2. The lowest BCUT2D eigenvalue weighted by Gasteiger charge is -2.23. The Morgan fingerprint density at radius 2 is 2.05 bits per heavy atom. The van der Waals surface area contributed by atoms with Crippen LogP contribution >= 0.6 is 0 Å². The van der Waals surface area contributed by atoms with E-state index in [-0.39, 0.29) is 10.9 Å². The average Bonchev–Trinajstić information content (AvgIpc) is 2.99. The van der Waals surface area contributed by atoms with E-state index in [4.69, 9.17) is 9.47 Å². The maximum atomic E-state index is 12.6. The van der Waals surface area contributed by atoms with E-state index in [0.717, 1.165) is 19.4 Å². The summed E-state index contributed by atoms with van der Waals surface area (Å²) in [5, 5.41) is 3.31.